The van der Waals surface area contributed by atoms with Gasteiger partial charge in [-0.3, -0.25) is 9.48 Å². The number of carbonyl (C=O) groups excluding carboxylic acids is 1. The van der Waals surface area contributed by atoms with Crippen molar-refractivity contribution in [3.8, 4) is 0 Å². The highest BCUT2D eigenvalue weighted by Gasteiger charge is 2.19. The first-order valence-corrected chi connectivity index (χ1v) is 6.15. The number of nitrogens with one attached hydrogen (secondary N) is 1. The molecule has 0 aliphatic carbocycles. The molecule has 0 spiro atoms. The van der Waals surface area contributed by atoms with E-state index in [1.807, 2.05) is 28.9 Å². The first-order chi connectivity index (χ1) is 8.15. The third-order valence-electron chi connectivity index (χ3n) is 3.04. The van der Waals surface area contributed by atoms with Crippen molar-refractivity contribution >= 4 is 5.91 Å². The van der Waals surface area contributed by atoms with Crippen LogP contribution in [0.25, 0.3) is 0 Å². The molecule has 1 amide bonds. The summed E-state index contributed by atoms with van der Waals surface area (Å²) in [5.41, 5.74) is 1.13. The average molecular weight is 236 g/mol. The molecule has 0 saturated carbocycles. The second-order valence-electron chi connectivity index (χ2n) is 4.73. The average Bonchev–Trinajstić information content (AvgIpc) is 2.72. The van der Waals surface area contributed by atoms with Gasteiger partial charge in [-0.2, -0.15) is 5.10 Å². The molecular formula is C12H20N4O. The molecule has 94 valence electrons. The van der Waals surface area contributed by atoms with E-state index in [0.717, 1.165) is 25.2 Å². The zero-order chi connectivity index (χ0) is 12.3. The lowest BCUT2D eigenvalue weighted by molar-refractivity contribution is -0.132. The molecule has 1 aromatic rings. The number of aromatic nitrogens is 2. The molecule has 0 radical (unpaired) electrons. The van der Waals surface area contributed by atoms with Gasteiger partial charge in [0.15, 0.2) is 0 Å². The van der Waals surface area contributed by atoms with Gasteiger partial charge in [0.25, 0.3) is 0 Å². The van der Waals surface area contributed by atoms with E-state index in [2.05, 4.69) is 17.3 Å². The monoisotopic (exact) mass is 236 g/mol. The van der Waals surface area contributed by atoms with Crippen molar-refractivity contribution in [2.45, 2.75) is 32.9 Å². The molecule has 5 heteroatoms. The molecule has 1 aliphatic heterocycles. The van der Waals surface area contributed by atoms with Gasteiger partial charge in [-0.25, -0.2) is 0 Å². The van der Waals surface area contributed by atoms with Crippen LogP contribution in [0.1, 0.15) is 18.9 Å². The second-order valence-corrected chi connectivity index (χ2v) is 4.73. The summed E-state index contributed by atoms with van der Waals surface area (Å²) in [6, 6.07) is 0.402. The van der Waals surface area contributed by atoms with E-state index in [1.54, 1.807) is 0 Å². The van der Waals surface area contributed by atoms with Crippen LogP contribution in [0.4, 0.5) is 0 Å². The van der Waals surface area contributed by atoms with Crippen LogP contribution in [0.5, 0.6) is 0 Å². The lowest BCUT2D eigenvalue weighted by Gasteiger charge is -2.32. The van der Waals surface area contributed by atoms with Crippen LogP contribution in [-0.4, -0.2) is 46.3 Å². The Hall–Kier alpha value is -1.36. The minimum Gasteiger partial charge on any atom is -0.340 e. The summed E-state index contributed by atoms with van der Waals surface area (Å²) in [6.45, 7) is 7.32. The molecule has 0 unspecified atom stereocenters. The molecule has 1 atom stereocenters. The molecule has 1 aromatic heterocycles. The summed E-state index contributed by atoms with van der Waals surface area (Å²) in [6.07, 6.45) is 4.32. The number of piperazine rings is 1. The van der Waals surface area contributed by atoms with Gasteiger partial charge in [-0.1, -0.05) is 0 Å². The lowest BCUT2D eigenvalue weighted by atomic mass is 10.2. The van der Waals surface area contributed by atoms with Crippen molar-refractivity contribution in [1.82, 2.24) is 20.0 Å². The Morgan fingerprint density at radius 1 is 1.65 bits per heavy atom. The number of nitrogens with zero attached hydrogens (tertiary/aromatic N) is 3. The van der Waals surface area contributed by atoms with E-state index in [9.17, 15) is 4.79 Å². The van der Waals surface area contributed by atoms with Crippen LogP contribution in [0.3, 0.4) is 0 Å². The van der Waals surface area contributed by atoms with Crippen molar-refractivity contribution < 1.29 is 4.79 Å². The van der Waals surface area contributed by atoms with Crippen LogP contribution in [-0.2, 0) is 11.3 Å². The maximum atomic E-state index is 12.0. The molecule has 2 heterocycles. The first-order valence-electron chi connectivity index (χ1n) is 6.15. The van der Waals surface area contributed by atoms with Crippen molar-refractivity contribution in [1.29, 1.82) is 0 Å². The van der Waals surface area contributed by atoms with E-state index in [1.165, 1.54) is 0 Å². The highest BCUT2D eigenvalue weighted by Crippen LogP contribution is 2.03. The molecular weight excluding hydrogens is 216 g/mol. The summed E-state index contributed by atoms with van der Waals surface area (Å²) in [7, 11) is 0. The van der Waals surface area contributed by atoms with Crippen LogP contribution >= 0.6 is 0 Å². The Morgan fingerprint density at radius 3 is 3.12 bits per heavy atom. The van der Waals surface area contributed by atoms with Gasteiger partial charge >= 0.3 is 0 Å². The molecule has 1 N–H and O–H groups in total. The summed E-state index contributed by atoms with van der Waals surface area (Å²) in [5.74, 6) is 0.228. The molecule has 1 saturated heterocycles. The van der Waals surface area contributed by atoms with Crippen molar-refractivity contribution in [2.75, 3.05) is 19.6 Å². The van der Waals surface area contributed by atoms with Crippen LogP contribution in [0, 0.1) is 6.92 Å². The SMILES string of the molecule is Cc1cnn(CCC(=O)N2CCN[C@@H](C)C2)c1. The topological polar surface area (TPSA) is 50.2 Å². The standard InChI is InChI=1S/C12H20N4O/c1-10-7-14-16(8-10)5-3-12(17)15-6-4-13-11(2)9-15/h7-8,11,13H,3-6,9H2,1-2H3/t11-/m0/s1. The zero-order valence-corrected chi connectivity index (χ0v) is 10.5. The number of hydrogen-bond acceptors (Lipinski definition) is 3. The van der Waals surface area contributed by atoms with Crippen molar-refractivity contribution in [2.24, 2.45) is 0 Å². The minimum absolute atomic E-state index is 0.228. The van der Waals surface area contributed by atoms with E-state index >= 15 is 0 Å². The van der Waals surface area contributed by atoms with Gasteiger partial charge in [0, 0.05) is 44.8 Å². The minimum atomic E-state index is 0.228. The number of amides is 1. The number of rotatable bonds is 3. The first kappa shape index (κ1) is 12.1. The maximum absolute atomic E-state index is 12.0. The van der Waals surface area contributed by atoms with Crippen molar-refractivity contribution in [3.05, 3.63) is 18.0 Å². The number of carbonyl (C=O) groups is 1. The Balaban J connectivity index is 1.80. The summed E-state index contributed by atoms with van der Waals surface area (Å²) < 4.78 is 1.83. The summed E-state index contributed by atoms with van der Waals surface area (Å²) in [4.78, 5) is 13.9. The fraction of sp³-hybridized carbons (Fsp3) is 0.667. The quantitative estimate of drug-likeness (QED) is 0.826. The molecule has 1 aliphatic rings. The van der Waals surface area contributed by atoms with E-state index in [4.69, 9.17) is 0 Å². The van der Waals surface area contributed by atoms with Gasteiger partial charge in [-0.15, -0.1) is 0 Å². The predicted octanol–water partition coefficient (Wildman–Crippen LogP) is 0.402. The summed E-state index contributed by atoms with van der Waals surface area (Å²) in [5, 5.41) is 7.51. The highest BCUT2D eigenvalue weighted by molar-refractivity contribution is 5.76. The molecule has 2 rings (SSSR count). The fourth-order valence-electron chi connectivity index (χ4n) is 2.12. The van der Waals surface area contributed by atoms with Crippen LogP contribution in [0.15, 0.2) is 12.4 Å². The molecule has 0 bridgehead atoms. The van der Waals surface area contributed by atoms with E-state index < -0.39 is 0 Å². The Labute approximate surface area is 102 Å². The van der Waals surface area contributed by atoms with Gasteiger partial charge in [0.05, 0.1) is 6.20 Å². The predicted molar refractivity (Wildman–Crippen MR) is 65.6 cm³/mol. The molecule has 0 aromatic carbocycles. The van der Waals surface area contributed by atoms with E-state index in [0.29, 0.717) is 19.0 Å². The van der Waals surface area contributed by atoms with Gasteiger partial charge in [0.1, 0.15) is 0 Å². The zero-order valence-electron chi connectivity index (χ0n) is 10.5. The Morgan fingerprint density at radius 2 is 2.47 bits per heavy atom. The number of hydrogen-bond donors (Lipinski definition) is 1. The van der Waals surface area contributed by atoms with Gasteiger partial charge in [0.2, 0.25) is 5.91 Å². The molecule has 17 heavy (non-hydrogen) atoms. The van der Waals surface area contributed by atoms with E-state index in [-0.39, 0.29) is 5.91 Å². The second kappa shape index (κ2) is 5.31. The smallest absolute Gasteiger partial charge is 0.224 e. The number of aryl methyl sites for hydroxylation is 2. The largest absolute Gasteiger partial charge is 0.340 e. The van der Waals surface area contributed by atoms with Gasteiger partial charge < -0.3 is 10.2 Å². The molecule has 5 nitrogen and oxygen atoms in total. The maximum Gasteiger partial charge on any atom is 0.224 e. The Kier molecular flexibility index (Phi) is 3.78. The normalized spacial score (nSPS) is 20.6. The highest BCUT2D eigenvalue weighted by atomic mass is 16.2. The Bertz CT molecular complexity index is 388. The van der Waals surface area contributed by atoms with Gasteiger partial charge in [-0.05, 0) is 19.4 Å². The van der Waals surface area contributed by atoms with Crippen molar-refractivity contribution in [3.63, 3.8) is 0 Å². The van der Waals surface area contributed by atoms with Crippen LogP contribution in [0.2, 0.25) is 0 Å². The lowest BCUT2D eigenvalue weighted by Crippen LogP contribution is -2.51. The third-order valence-corrected chi connectivity index (χ3v) is 3.04. The molecule has 1 fully saturated rings. The third kappa shape index (κ3) is 3.30. The fourth-order valence-corrected chi connectivity index (χ4v) is 2.12. The summed E-state index contributed by atoms with van der Waals surface area (Å²) >= 11 is 0. The van der Waals surface area contributed by atoms with Crippen LogP contribution < -0.4 is 5.32 Å².